The van der Waals surface area contributed by atoms with Crippen molar-refractivity contribution in [3.8, 4) is 12.1 Å². The molecular weight excluding hydrogens is 648 g/mol. The number of morpholine rings is 1. The molecule has 15 heteroatoms. The molecule has 256 valence electrons. The summed E-state index contributed by atoms with van der Waals surface area (Å²) < 4.78 is 72.7. The maximum atomic E-state index is 15.3. The maximum absolute atomic E-state index is 15.3. The van der Waals surface area contributed by atoms with Crippen molar-refractivity contribution in [1.82, 2.24) is 25.2 Å². The molecule has 10 nitrogen and oxygen atoms in total. The van der Waals surface area contributed by atoms with Crippen molar-refractivity contribution in [3.63, 3.8) is 0 Å². The number of aromatic nitrogens is 3. The van der Waals surface area contributed by atoms with Crippen molar-refractivity contribution >= 4 is 34.1 Å². The van der Waals surface area contributed by atoms with Gasteiger partial charge in [-0.25, -0.2) is 4.39 Å². The molecule has 3 aliphatic heterocycles. The number of allylic oxidation sites excluding steroid dienone is 4. The first-order valence-corrected chi connectivity index (χ1v) is 17.2. The van der Waals surface area contributed by atoms with Gasteiger partial charge in [-0.15, -0.1) is 0 Å². The molecule has 4 atom stereocenters. The number of nitrogens with one attached hydrogen (secondary N) is 1. The Bertz CT molecular complexity index is 1740. The average Bonchev–Trinajstić information content (AvgIpc) is 3.75. The first-order valence-electron chi connectivity index (χ1n) is 16.4. The van der Waals surface area contributed by atoms with Gasteiger partial charge in [-0.2, -0.15) is 28.4 Å². The number of pyridine rings is 1. The van der Waals surface area contributed by atoms with Crippen LogP contribution in [0, 0.1) is 22.7 Å². The lowest BCUT2D eigenvalue weighted by Crippen LogP contribution is -2.50. The third-order valence-corrected chi connectivity index (χ3v) is 11.3. The standard InChI is InChI=1S/C33H38F4N8O2S/c1-3-19-14-44(9-8-40-19)30-22-13-41-26(20-4-5-23(34)28-24(20)21(12-38)29(39)48-28)25(33(35,36)37)27(22)42-31(43-30)47-17-32(6-7-32)16-45-10-11-46-15-18(45)2/h4-5,13,18-19,24,28,40H,3,6-11,14-17,39H2,1-2H3/t18-,19?,24?,28?/m0/s1. The van der Waals surface area contributed by atoms with E-state index in [9.17, 15) is 9.65 Å². The molecule has 3 unspecified atom stereocenters. The Morgan fingerprint density at radius 3 is 2.77 bits per heavy atom. The fourth-order valence-corrected chi connectivity index (χ4v) is 8.32. The Labute approximate surface area is 280 Å². The highest BCUT2D eigenvalue weighted by Crippen LogP contribution is 2.53. The van der Waals surface area contributed by atoms with Gasteiger partial charge >= 0.3 is 12.2 Å². The van der Waals surface area contributed by atoms with E-state index in [0.29, 0.717) is 38.7 Å². The first-order chi connectivity index (χ1) is 23.0. The molecule has 3 fully saturated rings. The summed E-state index contributed by atoms with van der Waals surface area (Å²) in [5, 5.41) is 12.6. The zero-order valence-electron chi connectivity index (χ0n) is 26.8. The van der Waals surface area contributed by atoms with Gasteiger partial charge < -0.3 is 25.4 Å². The number of ether oxygens (including phenoxy) is 2. The fraction of sp³-hybridized carbons (Fsp3) is 0.576. The minimum atomic E-state index is -4.91. The van der Waals surface area contributed by atoms with Crippen molar-refractivity contribution in [2.24, 2.45) is 17.1 Å². The smallest absolute Gasteiger partial charge is 0.420 e. The molecular formula is C33H38F4N8O2S. The lowest BCUT2D eigenvalue weighted by Gasteiger charge is -2.36. The van der Waals surface area contributed by atoms with Crippen LogP contribution in [-0.2, 0) is 10.9 Å². The highest BCUT2D eigenvalue weighted by molar-refractivity contribution is 8.04. The van der Waals surface area contributed by atoms with Gasteiger partial charge in [0.25, 0.3) is 0 Å². The molecule has 2 saturated heterocycles. The number of thioether (sulfide) groups is 1. The van der Waals surface area contributed by atoms with Crippen LogP contribution in [0.25, 0.3) is 16.5 Å². The van der Waals surface area contributed by atoms with E-state index in [0.717, 1.165) is 50.2 Å². The van der Waals surface area contributed by atoms with Crippen molar-refractivity contribution < 1.29 is 27.0 Å². The number of piperazine rings is 1. The molecule has 5 aliphatic rings. The Hall–Kier alpha value is -3.45. The van der Waals surface area contributed by atoms with Gasteiger partial charge in [-0.1, -0.05) is 24.8 Å². The highest BCUT2D eigenvalue weighted by atomic mass is 32.2. The van der Waals surface area contributed by atoms with Crippen molar-refractivity contribution in [2.75, 3.05) is 57.4 Å². The van der Waals surface area contributed by atoms with Crippen molar-refractivity contribution in [1.29, 1.82) is 5.26 Å². The van der Waals surface area contributed by atoms with Gasteiger partial charge in [-0.3, -0.25) is 9.88 Å². The van der Waals surface area contributed by atoms with E-state index in [4.69, 9.17) is 20.2 Å². The zero-order valence-corrected chi connectivity index (χ0v) is 27.6. The number of hydrogen-bond donors (Lipinski definition) is 2. The number of nitrogens with two attached hydrogens (primary N) is 1. The molecule has 3 N–H and O–H groups in total. The molecule has 1 saturated carbocycles. The summed E-state index contributed by atoms with van der Waals surface area (Å²) in [6, 6.07) is 2.25. The molecule has 48 heavy (non-hydrogen) atoms. The molecule has 5 heterocycles. The molecule has 0 radical (unpaired) electrons. The number of nitrogens with zero attached hydrogens (tertiary/aromatic N) is 6. The van der Waals surface area contributed by atoms with Gasteiger partial charge in [0, 0.05) is 62.3 Å². The number of hydrogen-bond acceptors (Lipinski definition) is 11. The number of nitriles is 1. The molecule has 0 amide bonds. The number of alkyl halides is 3. The number of halogens is 4. The minimum Gasteiger partial charge on any atom is -0.463 e. The van der Waals surface area contributed by atoms with E-state index in [1.165, 1.54) is 12.3 Å². The maximum Gasteiger partial charge on any atom is 0.420 e. The second-order valence-electron chi connectivity index (χ2n) is 13.3. The van der Waals surface area contributed by atoms with Crippen molar-refractivity contribution in [3.05, 3.63) is 46.0 Å². The van der Waals surface area contributed by atoms with Gasteiger partial charge in [0.15, 0.2) is 0 Å². The van der Waals surface area contributed by atoms with E-state index in [1.807, 2.05) is 17.9 Å². The molecule has 0 aromatic carbocycles. The number of anilines is 1. The van der Waals surface area contributed by atoms with Gasteiger partial charge in [0.1, 0.15) is 17.2 Å². The van der Waals surface area contributed by atoms with Gasteiger partial charge in [0.05, 0.1) is 58.3 Å². The summed E-state index contributed by atoms with van der Waals surface area (Å²) in [7, 11) is 0. The lowest BCUT2D eigenvalue weighted by atomic mass is 9.82. The van der Waals surface area contributed by atoms with Crippen LogP contribution in [0.4, 0.5) is 23.4 Å². The van der Waals surface area contributed by atoms with Crippen LogP contribution >= 0.6 is 11.8 Å². The summed E-state index contributed by atoms with van der Waals surface area (Å²) >= 11 is 0.932. The summed E-state index contributed by atoms with van der Waals surface area (Å²) in [5.74, 6) is -1.27. The second kappa shape index (κ2) is 12.8. The SMILES string of the molecule is CCC1CN(c2nc(OCC3(CN4CCOC[C@@H]4C)CC3)nc3c(C(F)(F)F)c(C4=CC=C(F)C5SC(N)=C(C#N)C45)ncc23)CCN1. The summed E-state index contributed by atoms with van der Waals surface area (Å²) in [6.07, 6.45) is 1.54. The topological polar surface area (TPSA) is 125 Å². The van der Waals surface area contributed by atoms with E-state index in [1.54, 1.807) is 0 Å². The molecule has 2 aliphatic carbocycles. The minimum absolute atomic E-state index is 0.0256. The van der Waals surface area contributed by atoms with E-state index >= 15 is 13.2 Å². The van der Waals surface area contributed by atoms with Crippen molar-refractivity contribution in [2.45, 2.75) is 56.6 Å². The fourth-order valence-electron chi connectivity index (χ4n) is 7.13. The van der Waals surface area contributed by atoms with E-state index in [2.05, 4.69) is 27.1 Å². The van der Waals surface area contributed by atoms with Crippen LogP contribution in [0.1, 0.15) is 44.4 Å². The third-order valence-electron chi connectivity index (χ3n) is 10.1. The van der Waals surface area contributed by atoms with Crippen LogP contribution in [0.2, 0.25) is 0 Å². The second-order valence-corrected chi connectivity index (χ2v) is 14.5. The monoisotopic (exact) mass is 686 g/mol. The lowest BCUT2D eigenvalue weighted by molar-refractivity contribution is -0.136. The number of fused-ring (bicyclic) bond motifs is 2. The molecule has 2 aromatic rings. The van der Waals surface area contributed by atoms with Gasteiger partial charge in [-0.05, 0) is 37.8 Å². The Kier molecular flexibility index (Phi) is 8.80. The predicted molar refractivity (Wildman–Crippen MR) is 175 cm³/mol. The molecule has 7 rings (SSSR count). The van der Waals surface area contributed by atoms with Crippen LogP contribution in [-0.4, -0.2) is 89.7 Å². The Morgan fingerprint density at radius 2 is 2.06 bits per heavy atom. The average molecular weight is 687 g/mol. The first kappa shape index (κ1) is 33.1. The third kappa shape index (κ3) is 6.12. The van der Waals surface area contributed by atoms with Gasteiger partial charge in [0.2, 0.25) is 0 Å². The Morgan fingerprint density at radius 1 is 1.25 bits per heavy atom. The van der Waals surface area contributed by atoms with Crippen LogP contribution in [0.15, 0.2) is 34.8 Å². The normalized spacial score (nSPS) is 27.4. The molecule has 2 aromatic heterocycles. The molecule has 0 spiro atoms. The van der Waals surface area contributed by atoms with E-state index < -0.39 is 34.4 Å². The van der Waals surface area contributed by atoms with Crippen LogP contribution < -0.4 is 20.7 Å². The largest absolute Gasteiger partial charge is 0.463 e. The summed E-state index contributed by atoms with van der Waals surface area (Å²) in [5.41, 5.74) is 4.16. The Balaban J connectivity index is 1.33. The highest BCUT2D eigenvalue weighted by Gasteiger charge is 2.48. The van der Waals surface area contributed by atoms with E-state index in [-0.39, 0.29) is 57.2 Å². The number of rotatable bonds is 8. The van der Waals surface area contributed by atoms with Crippen LogP contribution in [0.5, 0.6) is 6.01 Å². The predicted octanol–water partition coefficient (Wildman–Crippen LogP) is 4.79. The van der Waals surface area contributed by atoms with Crippen LogP contribution in [0.3, 0.4) is 0 Å². The summed E-state index contributed by atoms with van der Waals surface area (Å²) in [4.78, 5) is 17.9. The quantitative estimate of drug-likeness (QED) is 0.373. The summed E-state index contributed by atoms with van der Waals surface area (Å²) in [6.45, 7) is 9.07. The molecule has 0 bridgehead atoms. The zero-order chi connectivity index (χ0) is 33.8.